The van der Waals surface area contributed by atoms with Gasteiger partial charge in [0.25, 0.3) is 5.91 Å². The van der Waals surface area contributed by atoms with E-state index in [4.69, 9.17) is 5.73 Å². The van der Waals surface area contributed by atoms with Crippen LogP contribution in [0.25, 0.3) is 0 Å². The van der Waals surface area contributed by atoms with Gasteiger partial charge in [0.15, 0.2) is 0 Å². The van der Waals surface area contributed by atoms with E-state index in [2.05, 4.69) is 5.32 Å². The number of carbonyl (C=O) groups is 1. The molecule has 1 aliphatic rings. The Kier molecular flexibility index (Phi) is 5.18. The number of hydrogen-bond donors (Lipinski definition) is 2. The Morgan fingerprint density at radius 2 is 2.00 bits per heavy atom. The average Bonchev–Trinajstić information content (AvgIpc) is 2.48. The number of benzene rings is 1. The number of hydrogen-bond acceptors (Lipinski definition) is 2. The van der Waals surface area contributed by atoms with Crippen LogP contribution in [-0.4, -0.2) is 18.5 Å². The summed E-state index contributed by atoms with van der Waals surface area (Å²) in [6.07, 6.45) is 6.23. The molecule has 2 rings (SSSR count). The van der Waals surface area contributed by atoms with E-state index in [0.29, 0.717) is 12.5 Å². The third-order valence-electron chi connectivity index (χ3n) is 4.64. The first kappa shape index (κ1) is 15.0. The molecule has 1 fully saturated rings. The highest BCUT2D eigenvalue weighted by atomic mass is 16.1. The van der Waals surface area contributed by atoms with Crippen LogP contribution in [0, 0.1) is 19.8 Å². The average molecular weight is 274 g/mol. The molecule has 0 heterocycles. The van der Waals surface area contributed by atoms with Gasteiger partial charge in [-0.1, -0.05) is 31.4 Å². The molecule has 110 valence electrons. The molecule has 0 bridgehead atoms. The number of amides is 1. The fraction of sp³-hybridized carbons (Fsp3) is 0.588. The predicted molar refractivity (Wildman–Crippen MR) is 82.8 cm³/mol. The molecule has 0 spiro atoms. The molecule has 1 aromatic carbocycles. The molecular weight excluding hydrogens is 248 g/mol. The van der Waals surface area contributed by atoms with Crippen molar-refractivity contribution in [2.24, 2.45) is 11.7 Å². The first-order valence-corrected chi connectivity index (χ1v) is 7.70. The fourth-order valence-corrected chi connectivity index (χ4v) is 3.15. The molecule has 1 aliphatic carbocycles. The summed E-state index contributed by atoms with van der Waals surface area (Å²) in [7, 11) is 0. The van der Waals surface area contributed by atoms with Gasteiger partial charge in [-0.05, 0) is 49.8 Å². The Labute approximate surface area is 121 Å². The van der Waals surface area contributed by atoms with E-state index in [-0.39, 0.29) is 11.9 Å². The molecular formula is C17H26N2O. The van der Waals surface area contributed by atoms with Gasteiger partial charge in [-0.3, -0.25) is 4.79 Å². The molecule has 3 heteroatoms. The zero-order valence-electron chi connectivity index (χ0n) is 12.6. The maximum absolute atomic E-state index is 12.5. The molecule has 1 atom stereocenters. The van der Waals surface area contributed by atoms with Crippen LogP contribution < -0.4 is 11.1 Å². The number of carbonyl (C=O) groups excluding carboxylic acids is 1. The monoisotopic (exact) mass is 274 g/mol. The lowest BCUT2D eigenvalue weighted by molar-refractivity contribution is 0.0915. The Balaban J connectivity index is 2.06. The first-order chi connectivity index (χ1) is 9.63. The van der Waals surface area contributed by atoms with Crippen LogP contribution >= 0.6 is 0 Å². The fourth-order valence-electron chi connectivity index (χ4n) is 3.15. The Morgan fingerprint density at radius 3 is 2.65 bits per heavy atom. The van der Waals surface area contributed by atoms with Gasteiger partial charge in [-0.2, -0.15) is 0 Å². The van der Waals surface area contributed by atoms with E-state index in [1.54, 1.807) is 0 Å². The lowest BCUT2D eigenvalue weighted by Gasteiger charge is -2.30. The maximum atomic E-state index is 12.5. The van der Waals surface area contributed by atoms with Gasteiger partial charge in [0, 0.05) is 18.2 Å². The number of rotatable bonds is 4. The van der Waals surface area contributed by atoms with Crippen molar-refractivity contribution in [2.45, 2.75) is 52.0 Å². The van der Waals surface area contributed by atoms with Crippen LogP contribution in [0.4, 0.5) is 0 Å². The van der Waals surface area contributed by atoms with Crippen molar-refractivity contribution in [1.82, 2.24) is 5.32 Å². The number of nitrogens with two attached hydrogens (primary N) is 1. The Bertz CT molecular complexity index is 464. The Hall–Kier alpha value is -1.35. The Morgan fingerprint density at radius 1 is 1.30 bits per heavy atom. The molecule has 0 radical (unpaired) electrons. The summed E-state index contributed by atoms with van der Waals surface area (Å²) in [6.45, 7) is 4.57. The molecule has 3 nitrogen and oxygen atoms in total. The smallest absolute Gasteiger partial charge is 0.251 e. The second-order valence-electron chi connectivity index (χ2n) is 5.96. The standard InChI is InChI=1S/C17H26N2O/c1-12-7-6-10-15(13(12)2)17(20)19-16(11-18)14-8-4-3-5-9-14/h6-7,10,14,16H,3-5,8-9,11,18H2,1-2H3,(H,19,20). The van der Waals surface area contributed by atoms with Crippen LogP contribution in [0.1, 0.15) is 53.6 Å². The molecule has 1 saturated carbocycles. The highest BCUT2D eigenvalue weighted by molar-refractivity contribution is 5.96. The minimum absolute atomic E-state index is 0.0206. The summed E-state index contributed by atoms with van der Waals surface area (Å²) in [5, 5.41) is 3.16. The minimum Gasteiger partial charge on any atom is -0.348 e. The third-order valence-corrected chi connectivity index (χ3v) is 4.64. The van der Waals surface area contributed by atoms with Crippen molar-refractivity contribution in [3.8, 4) is 0 Å². The van der Waals surface area contributed by atoms with E-state index in [1.165, 1.54) is 32.1 Å². The van der Waals surface area contributed by atoms with Gasteiger partial charge < -0.3 is 11.1 Å². The quantitative estimate of drug-likeness (QED) is 0.887. The number of aryl methyl sites for hydroxylation is 1. The summed E-state index contributed by atoms with van der Waals surface area (Å²) in [5.74, 6) is 0.565. The van der Waals surface area contributed by atoms with Crippen molar-refractivity contribution in [2.75, 3.05) is 6.54 Å². The van der Waals surface area contributed by atoms with Crippen molar-refractivity contribution in [3.05, 3.63) is 34.9 Å². The summed E-state index contributed by atoms with van der Waals surface area (Å²) in [4.78, 5) is 12.5. The zero-order chi connectivity index (χ0) is 14.5. The van der Waals surface area contributed by atoms with Crippen LogP contribution in [0.15, 0.2) is 18.2 Å². The SMILES string of the molecule is Cc1cccc(C(=O)NC(CN)C2CCCCC2)c1C. The lowest BCUT2D eigenvalue weighted by Crippen LogP contribution is -2.46. The van der Waals surface area contributed by atoms with Gasteiger partial charge in [0.2, 0.25) is 0 Å². The van der Waals surface area contributed by atoms with Gasteiger partial charge in [-0.25, -0.2) is 0 Å². The first-order valence-electron chi connectivity index (χ1n) is 7.70. The summed E-state index contributed by atoms with van der Waals surface area (Å²) in [6, 6.07) is 5.98. The van der Waals surface area contributed by atoms with Gasteiger partial charge in [0.1, 0.15) is 0 Å². The maximum Gasteiger partial charge on any atom is 0.251 e. The summed E-state index contributed by atoms with van der Waals surface area (Å²) >= 11 is 0. The van der Waals surface area contributed by atoms with Crippen LogP contribution in [0.3, 0.4) is 0 Å². The molecule has 1 aromatic rings. The summed E-state index contributed by atoms with van der Waals surface area (Å²) < 4.78 is 0. The van der Waals surface area contributed by atoms with Crippen LogP contribution in [-0.2, 0) is 0 Å². The number of nitrogens with one attached hydrogen (secondary N) is 1. The van der Waals surface area contributed by atoms with Crippen molar-refractivity contribution < 1.29 is 4.79 Å². The highest BCUT2D eigenvalue weighted by Crippen LogP contribution is 2.26. The van der Waals surface area contributed by atoms with E-state index in [0.717, 1.165) is 16.7 Å². The summed E-state index contributed by atoms with van der Waals surface area (Å²) in [5.41, 5.74) is 8.87. The van der Waals surface area contributed by atoms with E-state index in [9.17, 15) is 4.79 Å². The van der Waals surface area contributed by atoms with Gasteiger partial charge in [-0.15, -0.1) is 0 Å². The molecule has 3 N–H and O–H groups in total. The zero-order valence-corrected chi connectivity index (χ0v) is 12.6. The van der Waals surface area contributed by atoms with Gasteiger partial charge in [0.05, 0.1) is 0 Å². The topological polar surface area (TPSA) is 55.1 Å². The molecule has 20 heavy (non-hydrogen) atoms. The molecule has 0 aliphatic heterocycles. The van der Waals surface area contributed by atoms with Gasteiger partial charge >= 0.3 is 0 Å². The van der Waals surface area contributed by atoms with Crippen molar-refractivity contribution >= 4 is 5.91 Å². The molecule has 0 saturated heterocycles. The minimum atomic E-state index is 0.0206. The largest absolute Gasteiger partial charge is 0.348 e. The van der Waals surface area contributed by atoms with Crippen LogP contribution in [0.2, 0.25) is 0 Å². The molecule has 1 amide bonds. The van der Waals surface area contributed by atoms with E-state index < -0.39 is 0 Å². The molecule has 0 aromatic heterocycles. The molecule has 1 unspecified atom stereocenters. The normalized spacial score (nSPS) is 17.8. The second-order valence-corrected chi connectivity index (χ2v) is 5.96. The van der Waals surface area contributed by atoms with Crippen LogP contribution in [0.5, 0.6) is 0 Å². The van der Waals surface area contributed by atoms with E-state index in [1.807, 2.05) is 32.0 Å². The highest BCUT2D eigenvalue weighted by Gasteiger charge is 2.24. The second kappa shape index (κ2) is 6.89. The lowest BCUT2D eigenvalue weighted by atomic mass is 9.83. The third kappa shape index (κ3) is 3.40. The van der Waals surface area contributed by atoms with Crippen molar-refractivity contribution in [1.29, 1.82) is 0 Å². The van der Waals surface area contributed by atoms with E-state index >= 15 is 0 Å². The predicted octanol–water partition coefficient (Wildman–Crippen LogP) is 2.94. The van der Waals surface area contributed by atoms with Crippen molar-refractivity contribution in [3.63, 3.8) is 0 Å².